The van der Waals surface area contributed by atoms with E-state index in [1.807, 2.05) is 27.7 Å². The first-order chi connectivity index (χ1) is 29.8. The van der Waals surface area contributed by atoms with Crippen molar-refractivity contribution in [2.24, 2.45) is 0 Å². The Morgan fingerprint density at radius 3 is 0.984 bits per heavy atom. The normalized spacial score (nSPS) is 14.6. The van der Waals surface area contributed by atoms with Crippen molar-refractivity contribution in [3.63, 3.8) is 0 Å². The number of hydrogen-bond acceptors (Lipinski definition) is 1. The summed E-state index contributed by atoms with van der Waals surface area (Å²) < 4.78 is 239. The average Bonchev–Trinajstić information content (AvgIpc) is 3.66. The Morgan fingerprint density at radius 1 is 0.438 bits per heavy atom. The van der Waals surface area contributed by atoms with Crippen molar-refractivity contribution in [3.8, 4) is 0 Å². The maximum atomic E-state index is 16.7. The van der Waals surface area contributed by atoms with Gasteiger partial charge in [-0.15, -0.1) is 22.7 Å². The van der Waals surface area contributed by atoms with Crippen LogP contribution in [0, 0.1) is 87.3 Å². The van der Waals surface area contributed by atoms with Crippen LogP contribution in [-0.4, -0.2) is 29.6 Å². The molecule has 64 heavy (non-hydrogen) atoms. The number of rotatable bonds is 11. The second kappa shape index (κ2) is 17.5. The zero-order chi connectivity index (χ0) is 47.8. The van der Waals surface area contributed by atoms with Crippen LogP contribution in [-0.2, 0) is 0 Å². The topological polar surface area (TPSA) is 6.25 Å². The lowest BCUT2D eigenvalue weighted by Gasteiger charge is -2.45. The van der Waals surface area contributed by atoms with Gasteiger partial charge in [-0.3, -0.25) is 0 Å². The summed E-state index contributed by atoms with van der Waals surface area (Å²) in [5.41, 5.74) is -4.90. The zero-order valence-corrected chi connectivity index (χ0v) is 35.5. The van der Waals surface area contributed by atoms with Crippen molar-refractivity contribution in [1.29, 1.82) is 0 Å². The van der Waals surface area contributed by atoms with Crippen LogP contribution >= 0.6 is 0 Å². The van der Waals surface area contributed by atoms with Gasteiger partial charge in [0.05, 0.1) is 0 Å². The first-order valence-corrected chi connectivity index (χ1v) is 20.2. The number of halogens is 15. The van der Waals surface area contributed by atoms with Crippen LogP contribution in [0.1, 0.15) is 101 Å². The lowest BCUT2D eigenvalue weighted by atomic mass is 9.13. The number of para-hydroxylation sites is 2. The fourth-order valence-corrected chi connectivity index (χ4v) is 9.20. The molecule has 0 N–H and O–H groups in total. The minimum Gasteiger partial charge on any atom is -0.230 e. The summed E-state index contributed by atoms with van der Waals surface area (Å²) in [5.74, 6) is -46.5. The summed E-state index contributed by atoms with van der Waals surface area (Å²) in [6.07, 6.45) is -6.28. The molecular formula is C46H40BF15N2. The molecule has 1 aliphatic rings. The van der Waals surface area contributed by atoms with E-state index in [0.29, 0.717) is 27.9 Å². The molecular weight excluding hydrogens is 876 g/mol. The summed E-state index contributed by atoms with van der Waals surface area (Å²) in [6, 6.07) is 8.30. The average molecular weight is 917 g/mol. The summed E-state index contributed by atoms with van der Waals surface area (Å²) in [6.45, 7) is 13.6. The standard InChI is InChI=1S/C46H40BF15N2/c1-18(2)23-11-9-12-24(19(3)4)45(23)63-16-22(64(17-63)46-25(20(5)6)13-10-14-26(46)21(7)8)15-47(27-30(48)36(54)42(60)37(55)31(27)49,28-32(50)38(56)43(61)39(57)33(28)51)29-34(52)40(58)44(62)41(59)35(29)53/h9-14,17-22H,15-16H2,1-8H3/t22-/m1/s1. The molecule has 18 heteroatoms. The van der Waals surface area contributed by atoms with Gasteiger partial charge in [-0.2, -0.15) is 0 Å². The summed E-state index contributed by atoms with van der Waals surface area (Å²) in [5, 5.41) is 0. The second-order valence-corrected chi connectivity index (χ2v) is 17.2. The molecule has 0 aromatic heterocycles. The quantitative estimate of drug-likeness (QED) is 0.0421. The SMILES string of the molecule is CC(C)c1cccc(C(C)C)c1N1C=[N+](c2c(C(C)C)cccc2C(C)C)C[C@H]1C[B-](c1c(F)c(F)c(F)c(F)c1F)(c1c(F)c(F)c(F)c(F)c1F)c1c(F)c(F)c(F)c(F)c1F. The lowest BCUT2D eigenvalue weighted by Crippen LogP contribution is -2.74. The molecule has 342 valence electrons. The van der Waals surface area contributed by atoms with Gasteiger partial charge < -0.3 is 0 Å². The first kappa shape index (κ1) is 48.1. The number of hydrogen-bond donors (Lipinski definition) is 0. The molecule has 0 saturated heterocycles. The molecule has 1 aliphatic heterocycles. The zero-order valence-electron chi connectivity index (χ0n) is 35.5. The Kier molecular flexibility index (Phi) is 13.2. The predicted octanol–water partition coefficient (Wildman–Crippen LogP) is 12.0. The highest BCUT2D eigenvalue weighted by Gasteiger charge is 2.52. The highest BCUT2D eigenvalue weighted by molar-refractivity contribution is 7.11. The largest absolute Gasteiger partial charge is 0.244 e. The maximum absolute atomic E-state index is 16.7. The Hall–Kier alpha value is -5.42. The van der Waals surface area contributed by atoms with E-state index in [2.05, 4.69) is 0 Å². The van der Waals surface area contributed by atoms with E-state index in [1.54, 1.807) is 64.1 Å². The van der Waals surface area contributed by atoms with E-state index < -0.39 is 141 Å². The van der Waals surface area contributed by atoms with E-state index >= 15 is 52.7 Å². The first-order valence-electron chi connectivity index (χ1n) is 20.2. The maximum Gasteiger partial charge on any atom is 0.244 e. The predicted molar refractivity (Wildman–Crippen MR) is 215 cm³/mol. The van der Waals surface area contributed by atoms with Crippen LogP contribution in [0.3, 0.4) is 0 Å². The van der Waals surface area contributed by atoms with Gasteiger partial charge in [0.25, 0.3) is 0 Å². The van der Waals surface area contributed by atoms with E-state index in [1.165, 1.54) is 15.8 Å². The molecule has 5 aromatic carbocycles. The Balaban J connectivity index is 1.91. The third-order valence-electron chi connectivity index (χ3n) is 12.1. The summed E-state index contributed by atoms with van der Waals surface area (Å²) in [4.78, 5) is 1.30. The Labute approximate surface area is 358 Å². The molecule has 0 unspecified atom stereocenters. The van der Waals surface area contributed by atoms with Gasteiger partial charge in [-0.05, 0) is 23.7 Å². The number of nitrogens with zero attached hydrogens (tertiary/aromatic N) is 2. The van der Waals surface area contributed by atoms with Crippen molar-refractivity contribution in [1.82, 2.24) is 0 Å². The van der Waals surface area contributed by atoms with Crippen molar-refractivity contribution < 1.29 is 70.4 Å². The molecule has 2 nitrogen and oxygen atoms in total. The molecule has 0 amide bonds. The van der Waals surface area contributed by atoms with Gasteiger partial charge >= 0.3 is 0 Å². The minimum absolute atomic E-state index is 0.227. The molecule has 1 atom stereocenters. The Morgan fingerprint density at radius 2 is 0.703 bits per heavy atom. The summed E-state index contributed by atoms with van der Waals surface area (Å²) >= 11 is 0. The fraction of sp³-hybridized carbons (Fsp3) is 0.326. The van der Waals surface area contributed by atoms with Crippen molar-refractivity contribution >= 4 is 40.2 Å². The van der Waals surface area contributed by atoms with Crippen LogP contribution in [0.4, 0.5) is 77.2 Å². The molecule has 0 aliphatic carbocycles. The third kappa shape index (κ3) is 7.41. The van der Waals surface area contributed by atoms with Crippen LogP contribution in [0.15, 0.2) is 36.4 Å². The van der Waals surface area contributed by atoms with Crippen LogP contribution in [0.25, 0.3) is 0 Å². The van der Waals surface area contributed by atoms with Gasteiger partial charge in [-0.25, -0.2) is 75.3 Å². The fourth-order valence-electron chi connectivity index (χ4n) is 9.20. The summed E-state index contributed by atoms with van der Waals surface area (Å²) in [7, 11) is 0. The number of benzene rings is 5. The Bertz CT molecular complexity index is 2420. The van der Waals surface area contributed by atoms with Crippen molar-refractivity contribution in [2.45, 2.75) is 91.4 Å². The van der Waals surface area contributed by atoms with Crippen molar-refractivity contribution in [2.75, 3.05) is 11.4 Å². The molecule has 6 rings (SSSR count). The highest BCUT2D eigenvalue weighted by atomic mass is 19.2. The van der Waals surface area contributed by atoms with E-state index in [0.717, 1.165) is 0 Å². The van der Waals surface area contributed by atoms with E-state index in [9.17, 15) is 13.2 Å². The monoisotopic (exact) mass is 916 g/mol. The molecule has 0 bridgehead atoms. The third-order valence-corrected chi connectivity index (χ3v) is 12.1. The van der Waals surface area contributed by atoms with Gasteiger partial charge in [0.1, 0.15) is 65.0 Å². The molecule has 5 aromatic rings. The van der Waals surface area contributed by atoms with E-state index in [4.69, 9.17) is 0 Å². The van der Waals surface area contributed by atoms with Gasteiger partial charge in [-0.1, -0.05) is 91.8 Å². The van der Waals surface area contributed by atoms with Crippen LogP contribution in [0.2, 0.25) is 6.32 Å². The van der Waals surface area contributed by atoms with Gasteiger partial charge in [0.2, 0.25) is 6.34 Å². The van der Waals surface area contributed by atoms with Crippen LogP contribution < -0.4 is 21.3 Å². The smallest absolute Gasteiger partial charge is 0.230 e. The molecule has 1 heterocycles. The van der Waals surface area contributed by atoms with Crippen LogP contribution in [0.5, 0.6) is 0 Å². The lowest BCUT2D eigenvalue weighted by molar-refractivity contribution is -0.429. The molecule has 0 saturated carbocycles. The minimum atomic E-state index is -5.84. The molecule has 0 fully saturated rings. The second-order valence-electron chi connectivity index (χ2n) is 17.2. The molecule has 0 spiro atoms. The van der Waals surface area contributed by atoms with Gasteiger partial charge in [0, 0.05) is 22.3 Å². The highest BCUT2D eigenvalue weighted by Crippen LogP contribution is 2.42. The van der Waals surface area contributed by atoms with E-state index in [-0.39, 0.29) is 17.5 Å². The van der Waals surface area contributed by atoms with Crippen molar-refractivity contribution in [3.05, 3.63) is 146 Å². The van der Waals surface area contributed by atoms with Gasteiger partial charge in [0.15, 0.2) is 52.4 Å². The number of anilines is 1. The molecule has 0 radical (unpaired) electrons.